The second kappa shape index (κ2) is 5.31. The Hall–Kier alpha value is -0.0231. The summed E-state index contributed by atoms with van der Waals surface area (Å²) in [5.41, 5.74) is 0. The van der Waals surface area contributed by atoms with E-state index in [1.807, 2.05) is 0 Å². The average molecular weight is 260 g/mol. The van der Waals surface area contributed by atoms with Gasteiger partial charge in [-0.3, -0.25) is 9.80 Å². The number of rotatable bonds is 0. The molecule has 6 fully saturated rings. The maximum Gasteiger partial charge on any atom is 0.679 e. The third kappa shape index (κ3) is 2.87. The summed E-state index contributed by atoms with van der Waals surface area (Å²) in [4.78, 5) is 4.78. The maximum atomic E-state index is 5.81. The van der Waals surface area contributed by atoms with Gasteiger partial charge in [0, 0.05) is 39.3 Å². The summed E-state index contributed by atoms with van der Waals surface area (Å²) in [7, 11) is -2.82. The molecular formula is C10H20N2O4Si. The van der Waals surface area contributed by atoms with E-state index in [2.05, 4.69) is 9.80 Å². The molecule has 6 saturated heterocycles. The van der Waals surface area contributed by atoms with Crippen LogP contribution in [0.5, 0.6) is 0 Å². The standard InChI is InChI=1S/C10H20N2O4Si/c1-2-12-5-9-15-17(16-10-6-12)13-7-3-11(1)4-8-14-17/h1-10H2. The molecule has 98 valence electrons. The van der Waals surface area contributed by atoms with E-state index in [4.69, 9.17) is 17.7 Å². The molecule has 6 rings (SSSR count). The summed E-state index contributed by atoms with van der Waals surface area (Å²) in [6.07, 6.45) is 0. The molecule has 0 saturated carbocycles. The Labute approximate surface area is 103 Å². The lowest BCUT2D eigenvalue weighted by Crippen LogP contribution is -2.55. The van der Waals surface area contributed by atoms with Crippen LogP contribution in [0.3, 0.4) is 0 Å². The van der Waals surface area contributed by atoms with Gasteiger partial charge in [0.05, 0.1) is 26.4 Å². The Kier molecular flexibility index (Phi) is 3.76. The van der Waals surface area contributed by atoms with E-state index >= 15 is 0 Å². The maximum absolute atomic E-state index is 5.81. The van der Waals surface area contributed by atoms with Gasteiger partial charge in [-0.25, -0.2) is 0 Å². The van der Waals surface area contributed by atoms with Crippen molar-refractivity contribution < 1.29 is 17.7 Å². The van der Waals surface area contributed by atoms with Crippen molar-refractivity contribution in [3.05, 3.63) is 0 Å². The second-order valence-corrected chi connectivity index (χ2v) is 6.73. The predicted octanol–water partition coefficient (Wildman–Crippen LogP) is -0.867. The Morgan fingerprint density at radius 3 is 1.24 bits per heavy atom. The molecule has 1 spiro atoms. The number of hydrogen-bond donors (Lipinski definition) is 0. The Morgan fingerprint density at radius 2 is 0.882 bits per heavy atom. The quantitative estimate of drug-likeness (QED) is 0.528. The first-order valence-corrected chi connectivity index (χ1v) is 8.00. The van der Waals surface area contributed by atoms with Crippen molar-refractivity contribution in [1.29, 1.82) is 0 Å². The summed E-state index contributed by atoms with van der Waals surface area (Å²) < 4.78 is 23.2. The van der Waals surface area contributed by atoms with Crippen molar-refractivity contribution in [2.45, 2.75) is 0 Å². The van der Waals surface area contributed by atoms with E-state index < -0.39 is 9.05 Å². The lowest BCUT2D eigenvalue weighted by molar-refractivity contribution is -0.0589. The summed E-state index contributed by atoms with van der Waals surface area (Å²) in [5.74, 6) is 0. The van der Waals surface area contributed by atoms with Crippen LogP contribution in [0.1, 0.15) is 0 Å². The molecule has 6 aliphatic heterocycles. The SMILES string of the molecule is C1CN2CCO[Si]3(O1)OCCN(CCO3)CC2. The van der Waals surface area contributed by atoms with Crippen molar-refractivity contribution in [3.8, 4) is 0 Å². The first kappa shape index (κ1) is 12.0. The molecule has 17 heavy (non-hydrogen) atoms. The van der Waals surface area contributed by atoms with E-state index in [9.17, 15) is 0 Å². The zero-order valence-electron chi connectivity index (χ0n) is 10.1. The molecule has 6 nitrogen and oxygen atoms in total. The largest absolute Gasteiger partial charge is 0.679 e. The van der Waals surface area contributed by atoms with Crippen molar-refractivity contribution in [1.82, 2.24) is 9.80 Å². The van der Waals surface area contributed by atoms with E-state index in [1.165, 1.54) is 0 Å². The molecule has 0 aliphatic carbocycles. The molecule has 0 aromatic carbocycles. The highest BCUT2D eigenvalue weighted by Crippen LogP contribution is 2.17. The van der Waals surface area contributed by atoms with Gasteiger partial charge in [0.1, 0.15) is 0 Å². The third-order valence-electron chi connectivity index (χ3n) is 3.48. The van der Waals surface area contributed by atoms with Crippen LogP contribution in [0.25, 0.3) is 0 Å². The monoisotopic (exact) mass is 260 g/mol. The van der Waals surface area contributed by atoms with Crippen LogP contribution in [0.2, 0.25) is 0 Å². The normalized spacial score (nSPS) is 43.8. The van der Waals surface area contributed by atoms with Crippen LogP contribution in [0.15, 0.2) is 0 Å². The smallest absolute Gasteiger partial charge is 0.350 e. The molecular weight excluding hydrogens is 240 g/mol. The van der Waals surface area contributed by atoms with Crippen LogP contribution in [0, 0.1) is 0 Å². The number of nitrogens with zero attached hydrogens (tertiary/aromatic N) is 2. The molecule has 0 aromatic rings. The minimum absolute atomic E-state index is 0.645. The van der Waals surface area contributed by atoms with Crippen LogP contribution < -0.4 is 0 Å². The summed E-state index contributed by atoms with van der Waals surface area (Å²) >= 11 is 0. The minimum atomic E-state index is -2.82. The van der Waals surface area contributed by atoms with Gasteiger partial charge in [-0.05, 0) is 0 Å². The second-order valence-electron chi connectivity index (χ2n) is 4.58. The van der Waals surface area contributed by atoms with Gasteiger partial charge in [0.25, 0.3) is 0 Å². The molecule has 0 N–H and O–H groups in total. The van der Waals surface area contributed by atoms with Crippen molar-refractivity contribution in [3.63, 3.8) is 0 Å². The van der Waals surface area contributed by atoms with Crippen molar-refractivity contribution in [2.24, 2.45) is 0 Å². The van der Waals surface area contributed by atoms with Crippen LogP contribution >= 0.6 is 0 Å². The average Bonchev–Trinajstić information content (AvgIpc) is 2.36. The van der Waals surface area contributed by atoms with Gasteiger partial charge in [-0.15, -0.1) is 0 Å². The molecule has 0 unspecified atom stereocenters. The molecule has 0 amide bonds. The highest BCUT2D eigenvalue weighted by Gasteiger charge is 2.47. The van der Waals surface area contributed by atoms with E-state index in [1.54, 1.807) is 0 Å². The zero-order valence-corrected chi connectivity index (χ0v) is 11.1. The number of hydrogen-bond acceptors (Lipinski definition) is 6. The van der Waals surface area contributed by atoms with E-state index in [0.29, 0.717) is 26.4 Å². The lowest BCUT2D eigenvalue weighted by atomic mass is 10.4. The molecule has 0 atom stereocenters. The topological polar surface area (TPSA) is 43.4 Å². The Morgan fingerprint density at radius 1 is 0.529 bits per heavy atom. The first-order valence-electron chi connectivity index (χ1n) is 6.37. The predicted molar refractivity (Wildman–Crippen MR) is 62.4 cm³/mol. The molecule has 6 aliphatic rings. The van der Waals surface area contributed by atoms with Gasteiger partial charge >= 0.3 is 9.05 Å². The van der Waals surface area contributed by atoms with E-state index in [-0.39, 0.29) is 0 Å². The fourth-order valence-corrected chi connectivity index (χ4v) is 4.27. The van der Waals surface area contributed by atoms with E-state index in [0.717, 1.165) is 39.3 Å². The summed E-state index contributed by atoms with van der Waals surface area (Å²) in [6.45, 7) is 8.49. The van der Waals surface area contributed by atoms with Gasteiger partial charge in [0.15, 0.2) is 0 Å². The zero-order chi connectivity index (χ0) is 11.6. The van der Waals surface area contributed by atoms with Gasteiger partial charge in [0.2, 0.25) is 0 Å². The highest BCUT2D eigenvalue weighted by molar-refractivity contribution is 6.53. The van der Waals surface area contributed by atoms with Gasteiger partial charge in [-0.1, -0.05) is 0 Å². The Balaban J connectivity index is 1.82. The first-order chi connectivity index (χ1) is 8.36. The lowest BCUT2D eigenvalue weighted by Gasteiger charge is -2.33. The summed E-state index contributed by atoms with van der Waals surface area (Å²) in [6, 6.07) is 0. The minimum Gasteiger partial charge on any atom is -0.350 e. The third-order valence-corrected chi connectivity index (χ3v) is 5.71. The highest BCUT2D eigenvalue weighted by atomic mass is 28.4. The van der Waals surface area contributed by atoms with Gasteiger partial charge in [-0.2, -0.15) is 0 Å². The van der Waals surface area contributed by atoms with Crippen LogP contribution in [-0.4, -0.2) is 84.5 Å². The molecule has 0 radical (unpaired) electrons. The molecule has 3 bridgehead atoms. The van der Waals surface area contributed by atoms with Crippen LogP contribution in [0.4, 0.5) is 0 Å². The summed E-state index contributed by atoms with van der Waals surface area (Å²) in [5, 5.41) is 0. The Bertz CT molecular complexity index is 219. The van der Waals surface area contributed by atoms with Crippen LogP contribution in [-0.2, 0) is 17.7 Å². The van der Waals surface area contributed by atoms with Crippen molar-refractivity contribution in [2.75, 3.05) is 65.7 Å². The fourth-order valence-electron chi connectivity index (χ4n) is 2.40. The van der Waals surface area contributed by atoms with Gasteiger partial charge < -0.3 is 17.7 Å². The molecule has 6 heterocycles. The molecule has 7 heteroatoms. The van der Waals surface area contributed by atoms with Crippen molar-refractivity contribution >= 4 is 9.05 Å². The molecule has 0 aromatic heterocycles. The fraction of sp³-hybridized carbons (Fsp3) is 1.00.